The molecule has 2 bridgehead atoms. The lowest BCUT2D eigenvalue weighted by Crippen LogP contribution is -2.48. The highest BCUT2D eigenvalue weighted by Crippen LogP contribution is 2.42. The van der Waals surface area contributed by atoms with Gasteiger partial charge in [-0.1, -0.05) is 13.8 Å². The standard InChI is InChI=1S/C10H18O5S2/c1-3-16(11,12)9-7-5-6-8(15-7)10(9)17(13,14)4-2/h7-10H,3-6H2,1-2H3. The van der Waals surface area contributed by atoms with Crippen LogP contribution in [0.2, 0.25) is 0 Å². The maximum atomic E-state index is 12.0. The third kappa shape index (κ3) is 2.02. The van der Waals surface area contributed by atoms with Crippen LogP contribution in [0.3, 0.4) is 0 Å². The van der Waals surface area contributed by atoms with Gasteiger partial charge in [-0.2, -0.15) is 0 Å². The summed E-state index contributed by atoms with van der Waals surface area (Å²) in [5.74, 6) is -0.0556. The molecular formula is C10H18O5S2. The second-order valence-corrected chi connectivity index (χ2v) is 9.52. The van der Waals surface area contributed by atoms with Crippen LogP contribution in [0.25, 0.3) is 0 Å². The first-order chi connectivity index (χ1) is 7.83. The molecule has 4 unspecified atom stereocenters. The molecule has 0 saturated carbocycles. The largest absolute Gasteiger partial charge is 0.372 e. The minimum absolute atomic E-state index is 0.0278. The molecule has 17 heavy (non-hydrogen) atoms. The fraction of sp³-hybridized carbons (Fsp3) is 1.00. The van der Waals surface area contributed by atoms with Gasteiger partial charge in [0.2, 0.25) is 0 Å². The van der Waals surface area contributed by atoms with Gasteiger partial charge in [0.25, 0.3) is 0 Å². The maximum Gasteiger partial charge on any atom is 0.156 e. The Morgan fingerprint density at radius 3 is 1.53 bits per heavy atom. The summed E-state index contributed by atoms with van der Waals surface area (Å²) in [5.41, 5.74) is 0. The van der Waals surface area contributed by atoms with E-state index in [-0.39, 0.29) is 11.5 Å². The van der Waals surface area contributed by atoms with Gasteiger partial charge < -0.3 is 4.74 Å². The van der Waals surface area contributed by atoms with E-state index < -0.39 is 42.4 Å². The van der Waals surface area contributed by atoms with Gasteiger partial charge in [0.15, 0.2) is 19.7 Å². The Morgan fingerprint density at radius 2 is 1.24 bits per heavy atom. The summed E-state index contributed by atoms with van der Waals surface area (Å²) in [4.78, 5) is 0. The van der Waals surface area contributed by atoms with E-state index in [0.717, 1.165) is 0 Å². The molecule has 0 N–H and O–H groups in total. The molecule has 0 aromatic rings. The molecule has 100 valence electrons. The summed E-state index contributed by atoms with van der Waals surface area (Å²) in [7, 11) is -6.75. The second-order valence-electron chi connectivity index (χ2n) is 4.62. The highest BCUT2D eigenvalue weighted by atomic mass is 32.2. The molecule has 2 fully saturated rings. The summed E-state index contributed by atoms with van der Waals surface area (Å²) in [5, 5.41) is -1.70. The van der Waals surface area contributed by atoms with Gasteiger partial charge in [-0.05, 0) is 12.8 Å². The van der Waals surface area contributed by atoms with Gasteiger partial charge in [0.1, 0.15) is 10.5 Å². The number of rotatable bonds is 4. The molecule has 2 aliphatic heterocycles. The molecule has 7 heteroatoms. The van der Waals surface area contributed by atoms with Crippen LogP contribution < -0.4 is 0 Å². The zero-order valence-electron chi connectivity index (χ0n) is 10.00. The third-order valence-corrected chi connectivity index (χ3v) is 8.41. The van der Waals surface area contributed by atoms with Crippen molar-refractivity contribution in [3.63, 3.8) is 0 Å². The van der Waals surface area contributed by atoms with E-state index in [4.69, 9.17) is 4.74 Å². The van der Waals surface area contributed by atoms with Crippen molar-refractivity contribution in [3.8, 4) is 0 Å². The first-order valence-corrected chi connectivity index (χ1v) is 9.35. The lowest BCUT2D eigenvalue weighted by molar-refractivity contribution is 0.106. The average Bonchev–Trinajstić information content (AvgIpc) is 2.88. The van der Waals surface area contributed by atoms with E-state index >= 15 is 0 Å². The molecule has 0 radical (unpaired) electrons. The van der Waals surface area contributed by atoms with Crippen LogP contribution in [-0.4, -0.2) is 51.0 Å². The first-order valence-electron chi connectivity index (χ1n) is 5.92. The predicted octanol–water partition coefficient (Wildman–Crippen LogP) is 0.154. The maximum absolute atomic E-state index is 12.0. The quantitative estimate of drug-likeness (QED) is 0.733. The highest BCUT2D eigenvalue weighted by molar-refractivity contribution is 7.96. The molecule has 5 nitrogen and oxygen atoms in total. The molecule has 0 spiro atoms. The molecule has 2 aliphatic rings. The van der Waals surface area contributed by atoms with Crippen molar-refractivity contribution in [2.75, 3.05) is 11.5 Å². The highest BCUT2D eigenvalue weighted by Gasteiger charge is 2.58. The molecule has 2 heterocycles. The zero-order valence-corrected chi connectivity index (χ0v) is 11.6. The van der Waals surface area contributed by atoms with Crippen molar-refractivity contribution < 1.29 is 21.6 Å². The Labute approximate surface area is 102 Å². The summed E-state index contributed by atoms with van der Waals surface area (Å²) < 4.78 is 53.6. The average molecular weight is 282 g/mol. The summed E-state index contributed by atoms with van der Waals surface area (Å²) in [6.45, 7) is 3.11. The Kier molecular flexibility index (Phi) is 3.29. The molecule has 0 aromatic heterocycles. The SMILES string of the molecule is CCS(=O)(=O)C1C2CCC(O2)C1S(=O)(=O)CC. The molecule has 4 atom stereocenters. The van der Waals surface area contributed by atoms with Crippen LogP contribution in [0.5, 0.6) is 0 Å². The van der Waals surface area contributed by atoms with E-state index in [9.17, 15) is 16.8 Å². The first kappa shape index (κ1) is 13.3. The van der Waals surface area contributed by atoms with E-state index in [1.54, 1.807) is 13.8 Å². The number of hydrogen-bond acceptors (Lipinski definition) is 5. The Hall–Kier alpha value is -0.140. The van der Waals surface area contributed by atoms with Crippen LogP contribution in [0.1, 0.15) is 26.7 Å². The number of hydrogen-bond donors (Lipinski definition) is 0. The summed E-state index contributed by atoms with van der Waals surface area (Å²) in [6, 6.07) is 0. The summed E-state index contributed by atoms with van der Waals surface area (Å²) >= 11 is 0. The Balaban J connectivity index is 2.44. The second kappa shape index (κ2) is 4.20. The Bertz CT molecular complexity index is 447. The fourth-order valence-corrected chi connectivity index (χ4v) is 7.13. The van der Waals surface area contributed by atoms with Gasteiger partial charge in [0.05, 0.1) is 12.2 Å². The predicted molar refractivity (Wildman–Crippen MR) is 64.4 cm³/mol. The van der Waals surface area contributed by atoms with Gasteiger partial charge in [0, 0.05) is 11.5 Å². The zero-order chi connectivity index (χ0) is 12.8. The molecular weight excluding hydrogens is 264 g/mol. The minimum Gasteiger partial charge on any atom is -0.372 e. The fourth-order valence-electron chi connectivity index (χ4n) is 2.85. The van der Waals surface area contributed by atoms with Crippen molar-refractivity contribution >= 4 is 19.7 Å². The van der Waals surface area contributed by atoms with E-state index in [1.807, 2.05) is 0 Å². The van der Waals surface area contributed by atoms with Gasteiger partial charge in [-0.3, -0.25) is 0 Å². The van der Waals surface area contributed by atoms with Crippen LogP contribution in [-0.2, 0) is 24.4 Å². The van der Waals surface area contributed by atoms with Crippen LogP contribution in [0, 0.1) is 0 Å². The molecule has 0 aromatic carbocycles. The lowest BCUT2D eigenvalue weighted by atomic mass is 10.00. The van der Waals surface area contributed by atoms with Crippen LogP contribution in [0.15, 0.2) is 0 Å². The molecule has 2 saturated heterocycles. The van der Waals surface area contributed by atoms with E-state index in [2.05, 4.69) is 0 Å². The van der Waals surface area contributed by atoms with Crippen molar-refractivity contribution in [1.29, 1.82) is 0 Å². The van der Waals surface area contributed by atoms with Gasteiger partial charge >= 0.3 is 0 Å². The smallest absolute Gasteiger partial charge is 0.156 e. The van der Waals surface area contributed by atoms with Crippen molar-refractivity contribution in [2.45, 2.75) is 49.4 Å². The number of sulfone groups is 2. The Morgan fingerprint density at radius 1 is 0.882 bits per heavy atom. The minimum atomic E-state index is -3.38. The van der Waals surface area contributed by atoms with Crippen LogP contribution >= 0.6 is 0 Å². The summed E-state index contributed by atoms with van der Waals surface area (Å²) in [6.07, 6.45) is 0.474. The normalized spacial score (nSPS) is 37.5. The number of fused-ring (bicyclic) bond motifs is 2. The topological polar surface area (TPSA) is 77.5 Å². The van der Waals surface area contributed by atoms with Crippen LogP contribution in [0.4, 0.5) is 0 Å². The van der Waals surface area contributed by atoms with E-state index in [1.165, 1.54) is 0 Å². The van der Waals surface area contributed by atoms with Crippen molar-refractivity contribution in [3.05, 3.63) is 0 Å². The lowest BCUT2D eigenvalue weighted by Gasteiger charge is -2.26. The molecule has 0 aliphatic carbocycles. The van der Waals surface area contributed by atoms with E-state index in [0.29, 0.717) is 12.8 Å². The molecule has 0 amide bonds. The van der Waals surface area contributed by atoms with Gasteiger partial charge in [-0.15, -0.1) is 0 Å². The molecule has 2 rings (SSSR count). The van der Waals surface area contributed by atoms with Crippen molar-refractivity contribution in [1.82, 2.24) is 0 Å². The monoisotopic (exact) mass is 282 g/mol. The van der Waals surface area contributed by atoms with Crippen molar-refractivity contribution in [2.24, 2.45) is 0 Å². The third-order valence-electron chi connectivity index (χ3n) is 3.78. The van der Waals surface area contributed by atoms with Gasteiger partial charge in [-0.25, -0.2) is 16.8 Å². The number of ether oxygens (including phenoxy) is 1.